The molecule has 0 saturated heterocycles. The van der Waals surface area contributed by atoms with Crippen molar-refractivity contribution in [2.75, 3.05) is 39.0 Å². The fraction of sp³-hybridized carbons (Fsp3) is 0.643. The quantitative estimate of drug-likeness (QED) is 0.702. The van der Waals surface area contributed by atoms with Crippen molar-refractivity contribution in [3.63, 3.8) is 0 Å². The van der Waals surface area contributed by atoms with Gasteiger partial charge in [-0.05, 0) is 46.5 Å². The lowest BCUT2D eigenvalue weighted by Gasteiger charge is -2.11. The van der Waals surface area contributed by atoms with E-state index < -0.39 is 0 Å². The lowest BCUT2D eigenvalue weighted by Crippen LogP contribution is -2.25. The Morgan fingerprint density at radius 2 is 2.05 bits per heavy atom. The molecule has 1 aromatic rings. The second-order valence-corrected chi connectivity index (χ2v) is 5.06. The fourth-order valence-electron chi connectivity index (χ4n) is 1.69. The Balaban J connectivity index is 2.59. The predicted octanol–water partition coefficient (Wildman–Crippen LogP) is 1.29. The van der Waals surface area contributed by atoms with Crippen molar-refractivity contribution in [3.05, 3.63) is 17.5 Å². The molecular weight excluding hydrogens is 254 g/mol. The van der Waals surface area contributed by atoms with Gasteiger partial charge < -0.3 is 15.5 Å². The monoisotopic (exact) mass is 279 g/mol. The molecule has 0 unspecified atom stereocenters. The molecule has 0 bridgehead atoms. The Hall–Kier alpha value is -1.69. The SMILES string of the molecule is CCCNC(=O)c1cc(C)nc(NCCCN(C)C)n1. The van der Waals surface area contributed by atoms with Gasteiger partial charge in [0.15, 0.2) is 0 Å². The number of carbonyl (C=O) groups is 1. The Morgan fingerprint density at radius 1 is 1.30 bits per heavy atom. The topological polar surface area (TPSA) is 70.2 Å². The van der Waals surface area contributed by atoms with Crippen molar-refractivity contribution in [2.45, 2.75) is 26.7 Å². The summed E-state index contributed by atoms with van der Waals surface area (Å²) in [5.41, 5.74) is 1.21. The van der Waals surface area contributed by atoms with Gasteiger partial charge in [-0.1, -0.05) is 6.92 Å². The van der Waals surface area contributed by atoms with Crippen molar-refractivity contribution >= 4 is 11.9 Å². The summed E-state index contributed by atoms with van der Waals surface area (Å²) in [4.78, 5) is 22.6. The number of hydrogen-bond donors (Lipinski definition) is 2. The average Bonchev–Trinajstić information content (AvgIpc) is 2.40. The molecular formula is C14H25N5O. The van der Waals surface area contributed by atoms with Crippen LogP contribution in [0.2, 0.25) is 0 Å². The number of anilines is 1. The molecule has 1 aromatic heterocycles. The molecule has 6 nitrogen and oxygen atoms in total. The maximum absolute atomic E-state index is 11.9. The first-order valence-corrected chi connectivity index (χ1v) is 7.05. The number of rotatable bonds is 8. The van der Waals surface area contributed by atoms with E-state index in [1.54, 1.807) is 6.07 Å². The van der Waals surface area contributed by atoms with Crippen LogP contribution in [0, 0.1) is 6.92 Å². The lowest BCUT2D eigenvalue weighted by atomic mass is 10.3. The van der Waals surface area contributed by atoms with Crippen LogP contribution in [0.5, 0.6) is 0 Å². The summed E-state index contributed by atoms with van der Waals surface area (Å²) in [6, 6.07) is 1.70. The predicted molar refractivity (Wildman–Crippen MR) is 81.1 cm³/mol. The summed E-state index contributed by atoms with van der Waals surface area (Å²) in [5, 5.41) is 5.98. The fourth-order valence-corrected chi connectivity index (χ4v) is 1.69. The summed E-state index contributed by atoms with van der Waals surface area (Å²) in [7, 11) is 4.08. The molecule has 1 heterocycles. The molecule has 20 heavy (non-hydrogen) atoms. The van der Waals surface area contributed by atoms with Crippen LogP contribution in [0.4, 0.5) is 5.95 Å². The standard InChI is InChI=1S/C14H25N5O/c1-5-7-15-13(20)12-10-11(2)17-14(18-12)16-8-6-9-19(3)4/h10H,5-9H2,1-4H3,(H,15,20)(H,16,17,18). The van der Waals surface area contributed by atoms with E-state index in [0.29, 0.717) is 18.2 Å². The van der Waals surface area contributed by atoms with Crippen LogP contribution in [-0.4, -0.2) is 54.5 Å². The van der Waals surface area contributed by atoms with Crippen LogP contribution in [0.1, 0.15) is 35.9 Å². The van der Waals surface area contributed by atoms with E-state index >= 15 is 0 Å². The van der Waals surface area contributed by atoms with Crippen LogP contribution in [-0.2, 0) is 0 Å². The maximum atomic E-state index is 11.9. The molecule has 1 rings (SSSR count). The largest absolute Gasteiger partial charge is 0.354 e. The molecule has 0 spiro atoms. The van der Waals surface area contributed by atoms with Crippen molar-refractivity contribution in [2.24, 2.45) is 0 Å². The molecule has 0 atom stereocenters. The van der Waals surface area contributed by atoms with E-state index in [1.165, 1.54) is 0 Å². The van der Waals surface area contributed by atoms with Gasteiger partial charge in [0.1, 0.15) is 5.69 Å². The zero-order valence-electron chi connectivity index (χ0n) is 12.9. The molecule has 112 valence electrons. The molecule has 2 N–H and O–H groups in total. The average molecular weight is 279 g/mol. The number of nitrogens with one attached hydrogen (secondary N) is 2. The lowest BCUT2D eigenvalue weighted by molar-refractivity contribution is 0.0948. The van der Waals surface area contributed by atoms with Gasteiger partial charge in [-0.3, -0.25) is 4.79 Å². The molecule has 0 aliphatic rings. The molecule has 0 aliphatic carbocycles. The summed E-state index contributed by atoms with van der Waals surface area (Å²) in [5.74, 6) is 0.374. The van der Waals surface area contributed by atoms with Crippen molar-refractivity contribution in [1.29, 1.82) is 0 Å². The summed E-state index contributed by atoms with van der Waals surface area (Å²) in [6.45, 7) is 6.33. The number of amides is 1. The third-order valence-corrected chi connectivity index (χ3v) is 2.69. The van der Waals surface area contributed by atoms with Gasteiger partial charge in [0, 0.05) is 18.8 Å². The summed E-state index contributed by atoms with van der Waals surface area (Å²) in [6.07, 6.45) is 1.91. The Kier molecular flexibility index (Phi) is 6.93. The Bertz CT molecular complexity index is 434. The zero-order chi connectivity index (χ0) is 15.0. The van der Waals surface area contributed by atoms with Crippen molar-refractivity contribution in [1.82, 2.24) is 20.2 Å². The molecule has 1 amide bonds. The van der Waals surface area contributed by atoms with Gasteiger partial charge >= 0.3 is 0 Å². The van der Waals surface area contributed by atoms with Crippen LogP contribution in [0.25, 0.3) is 0 Å². The number of hydrogen-bond acceptors (Lipinski definition) is 5. The molecule has 0 fully saturated rings. The smallest absolute Gasteiger partial charge is 0.270 e. The summed E-state index contributed by atoms with van der Waals surface area (Å²) >= 11 is 0. The highest BCUT2D eigenvalue weighted by Gasteiger charge is 2.09. The molecule has 6 heteroatoms. The van der Waals surface area contributed by atoms with Gasteiger partial charge in [0.05, 0.1) is 0 Å². The van der Waals surface area contributed by atoms with E-state index in [9.17, 15) is 4.79 Å². The molecule has 0 saturated carbocycles. The van der Waals surface area contributed by atoms with Crippen LogP contribution in [0.15, 0.2) is 6.07 Å². The minimum atomic E-state index is -0.145. The van der Waals surface area contributed by atoms with Crippen LogP contribution < -0.4 is 10.6 Å². The van der Waals surface area contributed by atoms with Crippen LogP contribution >= 0.6 is 0 Å². The van der Waals surface area contributed by atoms with Crippen molar-refractivity contribution < 1.29 is 4.79 Å². The van der Waals surface area contributed by atoms with Gasteiger partial charge in [-0.15, -0.1) is 0 Å². The third-order valence-electron chi connectivity index (χ3n) is 2.69. The minimum absolute atomic E-state index is 0.145. The first-order chi connectivity index (χ1) is 9.52. The van der Waals surface area contributed by atoms with E-state index in [4.69, 9.17) is 0 Å². The molecule has 0 radical (unpaired) electrons. The number of nitrogens with zero attached hydrogens (tertiary/aromatic N) is 3. The maximum Gasteiger partial charge on any atom is 0.270 e. The Morgan fingerprint density at radius 3 is 2.70 bits per heavy atom. The zero-order valence-corrected chi connectivity index (χ0v) is 12.9. The highest BCUT2D eigenvalue weighted by molar-refractivity contribution is 5.92. The summed E-state index contributed by atoms with van der Waals surface area (Å²) < 4.78 is 0. The minimum Gasteiger partial charge on any atom is -0.354 e. The second kappa shape index (κ2) is 8.47. The van der Waals surface area contributed by atoms with Gasteiger partial charge in [-0.25, -0.2) is 9.97 Å². The first kappa shape index (κ1) is 16.4. The van der Waals surface area contributed by atoms with E-state index in [1.807, 2.05) is 27.9 Å². The highest BCUT2D eigenvalue weighted by Crippen LogP contribution is 2.05. The van der Waals surface area contributed by atoms with E-state index in [-0.39, 0.29) is 5.91 Å². The number of carbonyl (C=O) groups excluding carboxylic acids is 1. The number of aryl methyl sites for hydroxylation is 1. The van der Waals surface area contributed by atoms with E-state index in [0.717, 1.165) is 31.6 Å². The number of aromatic nitrogens is 2. The van der Waals surface area contributed by atoms with Crippen LogP contribution in [0.3, 0.4) is 0 Å². The normalized spacial score (nSPS) is 10.7. The Labute approximate surface area is 121 Å². The molecule has 0 aromatic carbocycles. The van der Waals surface area contributed by atoms with Crippen molar-refractivity contribution in [3.8, 4) is 0 Å². The van der Waals surface area contributed by atoms with Gasteiger partial charge in [-0.2, -0.15) is 0 Å². The first-order valence-electron chi connectivity index (χ1n) is 7.05. The second-order valence-electron chi connectivity index (χ2n) is 5.06. The van der Waals surface area contributed by atoms with Gasteiger partial charge in [0.25, 0.3) is 5.91 Å². The highest BCUT2D eigenvalue weighted by atomic mass is 16.1. The molecule has 0 aliphatic heterocycles. The van der Waals surface area contributed by atoms with E-state index in [2.05, 4.69) is 25.5 Å². The van der Waals surface area contributed by atoms with Gasteiger partial charge in [0.2, 0.25) is 5.95 Å². The third kappa shape index (κ3) is 5.97.